The summed E-state index contributed by atoms with van der Waals surface area (Å²) in [6.07, 6.45) is 0. The Balaban J connectivity index is 1.65. The van der Waals surface area contributed by atoms with Crippen molar-refractivity contribution in [3.63, 3.8) is 0 Å². The third-order valence-electron chi connectivity index (χ3n) is 2.98. The molecule has 1 atom stereocenters. The second-order valence-corrected chi connectivity index (χ2v) is 4.64. The van der Waals surface area contributed by atoms with Gasteiger partial charge < -0.3 is 8.94 Å². The summed E-state index contributed by atoms with van der Waals surface area (Å²) >= 11 is 0. The molecule has 3 rings (SSSR count). The molecule has 0 saturated carbocycles. The minimum absolute atomic E-state index is 0.0848. The van der Waals surface area contributed by atoms with Gasteiger partial charge in [-0.3, -0.25) is 5.32 Å². The number of aromatic nitrogens is 4. The lowest BCUT2D eigenvalue weighted by molar-refractivity contribution is 0.396. The van der Waals surface area contributed by atoms with Gasteiger partial charge in [0.2, 0.25) is 11.8 Å². The molecule has 1 N–H and O–H groups in total. The van der Waals surface area contributed by atoms with Gasteiger partial charge in [0, 0.05) is 12.5 Å². The first-order chi connectivity index (χ1) is 10.2. The number of hydrogen-bond donors (Lipinski definition) is 1. The molecule has 0 aliphatic carbocycles. The monoisotopic (exact) mass is 285 g/mol. The predicted octanol–water partition coefficient (Wildman–Crippen LogP) is 2.28. The van der Waals surface area contributed by atoms with Crippen molar-refractivity contribution in [2.45, 2.75) is 26.4 Å². The molecular weight excluding hydrogens is 270 g/mol. The average molecular weight is 285 g/mol. The van der Waals surface area contributed by atoms with Gasteiger partial charge in [-0.15, -0.1) is 10.2 Å². The molecule has 0 amide bonds. The Morgan fingerprint density at radius 3 is 2.71 bits per heavy atom. The van der Waals surface area contributed by atoms with Gasteiger partial charge in [-0.25, -0.2) is 0 Å². The van der Waals surface area contributed by atoms with Crippen molar-refractivity contribution in [3.05, 3.63) is 47.9 Å². The van der Waals surface area contributed by atoms with Crippen LogP contribution in [0.15, 0.2) is 39.3 Å². The van der Waals surface area contributed by atoms with Gasteiger partial charge >= 0.3 is 0 Å². The predicted molar refractivity (Wildman–Crippen MR) is 74.0 cm³/mol. The lowest BCUT2D eigenvalue weighted by Crippen LogP contribution is -2.19. The zero-order valence-electron chi connectivity index (χ0n) is 11.8. The number of nitrogens with one attached hydrogen (secondary N) is 1. The van der Waals surface area contributed by atoms with Crippen LogP contribution < -0.4 is 5.32 Å². The van der Waals surface area contributed by atoms with Crippen molar-refractivity contribution >= 4 is 0 Å². The molecule has 0 spiro atoms. The van der Waals surface area contributed by atoms with E-state index in [9.17, 15) is 0 Å². The molecule has 2 heterocycles. The lowest BCUT2D eigenvalue weighted by Gasteiger charge is -2.06. The largest absolute Gasteiger partial charge is 0.424 e. The third-order valence-corrected chi connectivity index (χ3v) is 2.98. The summed E-state index contributed by atoms with van der Waals surface area (Å²) in [6, 6.07) is 9.57. The van der Waals surface area contributed by atoms with Crippen LogP contribution in [0.25, 0.3) is 11.5 Å². The van der Waals surface area contributed by atoms with Crippen LogP contribution in [0, 0.1) is 6.92 Å². The highest BCUT2D eigenvalue weighted by Gasteiger charge is 2.15. The lowest BCUT2D eigenvalue weighted by atomic mass is 10.2. The molecule has 7 nitrogen and oxygen atoms in total. The van der Waals surface area contributed by atoms with Gasteiger partial charge in [-0.1, -0.05) is 23.4 Å². The first kappa shape index (κ1) is 13.4. The van der Waals surface area contributed by atoms with Gasteiger partial charge in [0.05, 0.1) is 12.6 Å². The van der Waals surface area contributed by atoms with E-state index in [4.69, 9.17) is 8.94 Å². The van der Waals surface area contributed by atoms with Crippen molar-refractivity contribution < 1.29 is 8.94 Å². The minimum atomic E-state index is -0.0848. The maximum absolute atomic E-state index is 5.30. The standard InChI is InChI=1S/C14H15N5O2/c1-9(15-8-12-18-17-10(2)20-12)13-16-14(21-19-13)11-6-4-3-5-7-11/h3-7,9,15H,8H2,1-2H3/t9-/m0/s1. The second-order valence-electron chi connectivity index (χ2n) is 4.64. The quantitative estimate of drug-likeness (QED) is 0.769. The Morgan fingerprint density at radius 2 is 2.00 bits per heavy atom. The Morgan fingerprint density at radius 1 is 1.19 bits per heavy atom. The number of nitrogens with zero attached hydrogens (tertiary/aromatic N) is 4. The Bertz CT molecular complexity index is 707. The molecular formula is C14H15N5O2. The normalized spacial score (nSPS) is 12.5. The molecule has 0 aliphatic rings. The van der Waals surface area contributed by atoms with E-state index in [0.717, 1.165) is 5.56 Å². The fourth-order valence-electron chi connectivity index (χ4n) is 1.85. The van der Waals surface area contributed by atoms with E-state index in [2.05, 4.69) is 25.7 Å². The number of benzene rings is 1. The van der Waals surface area contributed by atoms with Crippen LogP contribution in [0.4, 0.5) is 0 Å². The highest BCUT2D eigenvalue weighted by Crippen LogP contribution is 2.18. The fraction of sp³-hybridized carbons (Fsp3) is 0.286. The van der Waals surface area contributed by atoms with Gasteiger partial charge in [-0.05, 0) is 19.1 Å². The van der Waals surface area contributed by atoms with Crippen molar-refractivity contribution in [3.8, 4) is 11.5 Å². The first-order valence-corrected chi connectivity index (χ1v) is 6.64. The van der Waals surface area contributed by atoms with Crippen molar-refractivity contribution in [1.29, 1.82) is 0 Å². The van der Waals surface area contributed by atoms with Gasteiger partial charge in [0.25, 0.3) is 5.89 Å². The van der Waals surface area contributed by atoms with E-state index in [0.29, 0.717) is 30.0 Å². The summed E-state index contributed by atoms with van der Waals surface area (Å²) in [5.74, 6) is 2.18. The van der Waals surface area contributed by atoms with Gasteiger partial charge in [0.1, 0.15) is 0 Å². The minimum Gasteiger partial charge on any atom is -0.424 e. The van der Waals surface area contributed by atoms with E-state index in [1.165, 1.54) is 0 Å². The molecule has 1 aromatic carbocycles. The maximum atomic E-state index is 5.30. The SMILES string of the molecule is Cc1nnc(CN[C@@H](C)c2noc(-c3ccccc3)n2)o1. The van der Waals surface area contributed by atoms with Crippen LogP contribution in [0.1, 0.15) is 30.6 Å². The molecule has 0 unspecified atom stereocenters. The number of aryl methyl sites for hydroxylation is 1. The van der Waals surface area contributed by atoms with Crippen molar-refractivity contribution in [2.75, 3.05) is 0 Å². The topological polar surface area (TPSA) is 89.9 Å². The van der Waals surface area contributed by atoms with Crippen LogP contribution in [0.3, 0.4) is 0 Å². The molecule has 0 fully saturated rings. The summed E-state index contributed by atoms with van der Waals surface area (Å²) in [7, 11) is 0. The Hall–Kier alpha value is -2.54. The van der Waals surface area contributed by atoms with Gasteiger partial charge in [0.15, 0.2) is 5.82 Å². The third kappa shape index (κ3) is 3.14. The summed E-state index contributed by atoms with van der Waals surface area (Å²) in [5.41, 5.74) is 0.899. The summed E-state index contributed by atoms with van der Waals surface area (Å²) < 4.78 is 10.6. The van der Waals surface area contributed by atoms with Crippen molar-refractivity contribution in [1.82, 2.24) is 25.7 Å². The summed E-state index contributed by atoms with van der Waals surface area (Å²) in [6.45, 7) is 4.16. The molecule has 0 radical (unpaired) electrons. The smallest absolute Gasteiger partial charge is 0.257 e. The van der Waals surface area contributed by atoms with Crippen LogP contribution in [0.5, 0.6) is 0 Å². The highest BCUT2D eigenvalue weighted by atomic mass is 16.5. The van der Waals surface area contributed by atoms with Crippen LogP contribution in [0.2, 0.25) is 0 Å². The van der Waals surface area contributed by atoms with Crippen LogP contribution >= 0.6 is 0 Å². The van der Waals surface area contributed by atoms with E-state index < -0.39 is 0 Å². The Kier molecular flexibility index (Phi) is 3.74. The Labute approximate surface area is 121 Å². The molecule has 2 aromatic heterocycles. The summed E-state index contributed by atoms with van der Waals surface area (Å²) in [4.78, 5) is 4.39. The molecule has 108 valence electrons. The van der Waals surface area contributed by atoms with E-state index in [1.54, 1.807) is 6.92 Å². The number of hydrogen-bond acceptors (Lipinski definition) is 7. The second kappa shape index (κ2) is 5.84. The maximum Gasteiger partial charge on any atom is 0.257 e. The molecule has 0 bridgehead atoms. The van der Waals surface area contributed by atoms with Crippen LogP contribution in [-0.2, 0) is 6.54 Å². The van der Waals surface area contributed by atoms with E-state index in [1.807, 2.05) is 37.3 Å². The summed E-state index contributed by atoms with van der Waals surface area (Å²) in [5, 5.41) is 14.9. The van der Waals surface area contributed by atoms with Crippen LogP contribution in [-0.4, -0.2) is 20.3 Å². The zero-order chi connectivity index (χ0) is 14.7. The molecule has 21 heavy (non-hydrogen) atoms. The van der Waals surface area contributed by atoms with E-state index >= 15 is 0 Å². The molecule has 0 saturated heterocycles. The number of rotatable bonds is 5. The van der Waals surface area contributed by atoms with E-state index in [-0.39, 0.29) is 6.04 Å². The molecule has 7 heteroatoms. The average Bonchev–Trinajstić information content (AvgIpc) is 3.15. The molecule has 3 aromatic rings. The van der Waals surface area contributed by atoms with Crippen molar-refractivity contribution in [2.24, 2.45) is 0 Å². The first-order valence-electron chi connectivity index (χ1n) is 6.64. The molecule has 0 aliphatic heterocycles. The highest BCUT2D eigenvalue weighted by molar-refractivity contribution is 5.52. The zero-order valence-corrected chi connectivity index (χ0v) is 11.8. The fourth-order valence-corrected chi connectivity index (χ4v) is 1.85. The van der Waals surface area contributed by atoms with Gasteiger partial charge in [-0.2, -0.15) is 4.98 Å².